The first-order chi connectivity index (χ1) is 15.0. The Balaban J connectivity index is 1.80. The van der Waals surface area contributed by atoms with Gasteiger partial charge in [-0.1, -0.05) is 12.1 Å². The molecule has 3 aromatic carbocycles. The minimum absolute atomic E-state index is 0.294. The van der Waals surface area contributed by atoms with Crippen molar-refractivity contribution in [2.75, 3.05) is 19.5 Å². The summed E-state index contributed by atoms with van der Waals surface area (Å²) < 4.78 is 25.3. The molecular formula is C23H18FN3O4. The first-order valence-electron chi connectivity index (χ1n) is 9.33. The number of fused-ring (bicyclic) bond motifs is 1. The van der Waals surface area contributed by atoms with Gasteiger partial charge >= 0.3 is 0 Å². The van der Waals surface area contributed by atoms with E-state index in [0.717, 1.165) is 0 Å². The monoisotopic (exact) mass is 419 g/mol. The second-order valence-electron chi connectivity index (χ2n) is 6.61. The topological polar surface area (TPSA) is 82.5 Å². The quantitative estimate of drug-likeness (QED) is 0.532. The number of nitrogens with one attached hydrogen (secondary N) is 1. The van der Waals surface area contributed by atoms with E-state index >= 15 is 0 Å². The molecule has 0 radical (unpaired) electrons. The Morgan fingerprint density at radius 2 is 1.68 bits per heavy atom. The van der Waals surface area contributed by atoms with Gasteiger partial charge in [-0.2, -0.15) is 5.10 Å². The summed E-state index contributed by atoms with van der Waals surface area (Å²) in [5.74, 6) is -0.155. The largest absolute Gasteiger partial charge is 0.493 e. The van der Waals surface area contributed by atoms with Gasteiger partial charge in [-0.3, -0.25) is 9.59 Å². The summed E-state index contributed by atoms with van der Waals surface area (Å²) in [5, 5.41) is 7.27. The van der Waals surface area contributed by atoms with E-state index in [-0.39, 0.29) is 5.69 Å². The lowest BCUT2D eigenvalue weighted by Gasteiger charge is -2.13. The molecule has 0 spiro atoms. The number of rotatable bonds is 5. The van der Waals surface area contributed by atoms with Gasteiger partial charge in [0.05, 0.1) is 30.8 Å². The van der Waals surface area contributed by atoms with Gasteiger partial charge in [-0.15, -0.1) is 0 Å². The van der Waals surface area contributed by atoms with Crippen LogP contribution < -0.4 is 20.2 Å². The number of anilines is 1. The van der Waals surface area contributed by atoms with E-state index in [0.29, 0.717) is 33.8 Å². The fraction of sp³-hybridized carbons (Fsp3) is 0.0870. The van der Waals surface area contributed by atoms with Gasteiger partial charge in [-0.25, -0.2) is 9.07 Å². The molecule has 4 rings (SSSR count). The number of amides is 1. The van der Waals surface area contributed by atoms with Crippen molar-refractivity contribution in [2.45, 2.75) is 0 Å². The Morgan fingerprint density at radius 3 is 2.39 bits per heavy atom. The molecule has 0 saturated carbocycles. The lowest BCUT2D eigenvalue weighted by atomic mass is 10.1. The number of para-hydroxylation sites is 1. The van der Waals surface area contributed by atoms with E-state index in [1.54, 1.807) is 42.5 Å². The van der Waals surface area contributed by atoms with Crippen LogP contribution in [-0.4, -0.2) is 29.9 Å². The van der Waals surface area contributed by atoms with E-state index in [2.05, 4.69) is 10.4 Å². The van der Waals surface area contributed by atoms with Crippen molar-refractivity contribution in [1.29, 1.82) is 0 Å². The van der Waals surface area contributed by atoms with Gasteiger partial charge in [-0.05, 0) is 48.5 Å². The zero-order valence-corrected chi connectivity index (χ0v) is 16.8. The lowest BCUT2D eigenvalue weighted by molar-refractivity contribution is 0.102. The van der Waals surface area contributed by atoms with Crippen molar-refractivity contribution in [3.63, 3.8) is 0 Å². The average molecular weight is 419 g/mol. The molecule has 8 heteroatoms. The Labute approximate surface area is 176 Å². The lowest BCUT2D eigenvalue weighted by Crippen LogP contribution is -2.26. The predicted molar refractivity (Wildman–Crippen MR) is 115 cm³/mol. The molecule has 1 aromatic heterocycles. The standard InChI is InChI=1S/C23H18FN3O4/c1-30-19-12-9-15(13-20(19)31-2)25-23(29)21-22(28)17-5-3-4-6-18(17)27(26-21)16-10-7-14(24)8-11-16/h3-13H,1-2H3,(H,25,29). The minimum atomic E-state index is -0.682. The molecule has 156 valence electrons. The molecule has 4 aromatic rings. The van der Waals surface area contributed by atoms with Crippen molar-refractivity contribution in [3.05, 3.63) is 88.5 Å². The first kappa shape index (κ1) is 20.1. The molecule has 0 bridgehead atoms. The highest BCUT2D eigenvalue weighted by Crippen LogP contribution is 2.29. The van der Waals surface area contributed by atoms with Gasteiger partial charge in [0.2, 0.25) is 5.43 Å². The molecule has 0 atom stereocenters. The number of aromatic nitrogens is 2. The zero-order chi connectivity index (χ0) is 22.0. The molecule has 31 heavy (non-hydrogen) atoms. The van der Waals surface area contributed by atoms with Gasteiger partial charge in [0, 0.05) is 11.8 Å². The number of ether oxygens (including phenoxy) is 2. The van der Waals surface area contributed by atoms with Crippen LogP contribution in [0.25, 0.3) is 16.6 Å². The third-order valence-corrected chi connectivity index (χ3v) is 4.72. The molecule has 1 amide bonds. The fourth-order valence-electron chi connectivity index (χ4n) is 3.21. The summed E-state index contributed by atoms with van der Waals surface area (Å²) in [5.41, 5.74) is 0.620. The van der Waals surface area contributed by atoms with Gasteiger partial charge < -0.3 is 14.8 Å². The molecule has 1 heterocycles. The Morgan fingerprint density at radius 1 is 0.968 bits per heavy atom. The average Bonchev–Trinajstić information content (AvgIpc) is 2.80. The van der Waals surface area contributed by atoms with E-state index in [4.69, 9.17) is 9.47 Å². The Hall–Kier alpha value is -4.20. The Bertz CT molecular complexity index is 1330. The minimum Gasteiger partial charge on any atom is -0.493 e. The molecule has 0 saturated heterocycles. The van der Waals surface area contributed by atoms with Crippen molar-refractivity contribution >= 4 is 22.5 Å². The van der Waals surface area contributed by atoms with Crippen LogP contribution >= 0.6 is 0 Å². The third-order valence-electron chi connectivity index (χ3n) is 4.72. The van der Waals surface area contributed by atoms with Gasteiger partial charge in [0.15, 0.2) is 17.2 Å². The first-order valence-corrected chi connectivity index (χ1v) is 9.33. The number of hydrogen-bond acceptors (Lipinski definition) is 5. The van der Waals surface area contributed by atoms with Crippen molar-refractivity contribution in [3.8, 4) is 17.2 Å². The number of methoxy groups -OCH3 is 2. The second kappa shape index (κ2) is 8.27. The van der Waals surface area contributed by atoms with Gasteiger partial charge in [0.25, 0.3) is 5.91 Å². The Kier molecular flexibility index (Phi) is 5.36. The number of carbonyl (C=O) groups excluding carboxylic acids is 1. The number of nitrogens with zero attached hydrogens (tertiary/aromatic N) is 2. The van der Waals surface area contributed by atoms with Crippen LogP contribution in [0.15, 0.2) is 71.5 Å². The maximum absolute atomic E-state index is 13.4. The summed E-state index contributed by atoms with van der Waals surface area (Å²) in [7, 11) is 2.99. The maximum Gasteiger partial charge on any atom is 0.280 e. The third kappa shape index (κ3) is 3.83. The molecule has 0 aliphatic carbocycles. The van der Waals surface area contributed by atoms with Gasteiger partial charge in [0.1, 0.15) is 5.82 Å². The number of halogens is 1. The number of hydrogen-bond donors (Lipinski definition) is 1. The van der Waals surface area contributed by atoms with Crippen LogP contribution in [0.3, 0.4) is 0 Å². The van der Waals surface area contributed by atoms with Crippen molar-refractivity contribution < 1.29 is 18.7 Å². The zero-order valence-electron chi connectivity index (χ0n) is 16.8. The van der Waals surface area contributed by atoms with Crippen LogP contribution in [0.2, 0.25) is 0 Å². The predicted octanol–water partition coefficient (Wildman–Crippen LogP) is 3.79. The van der Waals surface area contributed by atoms with Crippen LogP contribution in [0.1, 0.15) is 10.5 Å². The molecule has 7 nitrogen and oxygen atoms in total. The highest BCUT2D eigenvalue weighted by atomic mass is 19.1. The molecule has 0 aliphatic heterocycles. The van der Waals surface area contributed by atoms with Crippen molar-refractivity contribution in [1.82, 2.24) is 9.78 Å². The fourth-order valence-corrected chi connectivity index (χ4v) is 3.21. The summed E-state index contributed by atoms with van der Waals surface area (Å²) in [6.45, 7) is 0. The van der Waals surface area contributed by atoms with Crippen LogP contribution in [-0.2, 0) is 0 Å². The van der Waals surface area contributed by atoms with E-state index in [1.165, 1.54) is 43.2 Å². The smallest absolute Gasteiger partial charge is 0.280 e. The van der Waals surface area contributed by atoms with Crippen LogP contribution in [0.5, 0.6) is 11.5 Å². The second-order valence-corrected chi connectivity index (χ2v) is 6.61. The van der Waals surface area contributed by atoms with E-state index in [9.17, 15) is 14.0 Å². The molecule has 0 aliphatic rings. The molecule has 0 unspecified atom stereocenters. The maximum atomic E-state index is 13.4. The molecular weight excluding hydrogens is 401 g/mol. The highest BCUT2D eigenvalue weighted by molar-refractivity contribution is 6.04. The number of benzene rings is 3. The van der Waals surface area contributed by atoms with E-state index < -0.39 is 17.2 Å². The van der Waals surface area contributed by atoms with Crippen molar-refractivity contribution in [2.24, 2.45) is 0 Å². The summed E-state index contributed by atoms with van der Waals surface area (Å²) in [4.78, 5) is 25.9. The summed E-state index contributed by atoms with van der Waals surface area (Å²) in [6, 6.07) is 17.2. The van der Waals surface area contributed by atoms with Crippen LogP contribution in [0, 0.1) is 5.82 Å². The number of carbonyl (C=O) groups is 1. The summed E-state index contributed by atoms with van der Waals surface area (Å²) in [6.07, 6.45) is 0. The molecule has 0 fully saturated rings. The molecule has 1 N–H and O–H groups in total. The SMILES string of the molecule is COc1ccc(NC(=O)c2nn(-c3ccc(F)cc3)c3ccccc3c2=O)cc1OC. The van der Waals surface area contributed by atoms with Crippen LogP contribution in [0.4, 0.5) is 10.1 Å². The highest BCUT2D eigenvalue weighted by Gasteiger charge is 2.19. The van der Waals surface area contributed by atoms with E-state index in [1.807, 2.05) is 0 Å². The summed E-state index contributed by atoms with van der Waals surface area (Å²) >= 11 is 0. The normalized spacial score (nSPS) is 10.7.